The molecule has 0 aromatic rings. The van der Waals surface area contributed by atoms with Gasteiger partial charge in [0.15, 0.2) is 0 Å². The van der Waals surface area contributed by atoms with Gasteiger partial charge in [0.25, 0.3) is 5.91 Å². The fourth-order valence-electron chi connectivity index (χ4n) is 2.78. The fraction of sp³-hybridized carbons (Fsp3) is 0.765. The summed E-state index contributed by atoms with van der Waals surface area (Å²) in [5.41, 5.74) is 0.174. The van der Waals surface area contributed by atoms with Crippen molar-refractivity contribution >= 4 is 5.91 Å². The molecule has 5 nitrogen and oxygen atoms in total. The van der Waals surface area contributed by atoms with Crippen LogP contribution in [0.2, 0.25) is 0 Å². The average molecular weight is 306 g/mol. The number of amides is 1. The summed E-state index contributed by atoms with van der Waals surface area (Å²) >= 11 is 0. The standard InChI is InChI=1S/C17H30N4O/c1-3-21(4-2)12-8-11-19-14-15(13-18)17(22)20-16-9-6-5-7-10-16/h14,16,19H,3-12H2,1-2H3,(H,20,22)/b15-14-. The van der Waals surface area contributed by atoms with Gasteiger partial charge in [-0.3, -0.25) is 4.79 Å². The van der Waals surface area contributed by atoms with Crippen LogP contribution in [0.4, 0.5) is 0 Å². The van der Waals surface area contributed by atoms with E-state index in [0.29, 0.717) is 0 Å². The Morgan fingerprint density at radius 1 is 1.27 bits per heavy atom. The van der Waals surface area contributed by atoms with Crippen molar-refractivity contribution in [1.82, 2.24) is 15.5 Å². The summed E-state index contributed by atoms with van der Waals surface area (Å²) in [6.45, 7) is 8.22. The van der Waals surface area contributed by atoms with Crippen LogP contribution in [-0.2, 0) is 4.79 Å². The number of hydrogen-bond donors (Lipinski definition) is 2. The fourth-order valence-corrected chi connectivity index (χ4v) is 2.78. The Kier molecular flexibility index (Phi) is 9.33. The van der Waals surface area contributed by atoms with Crippen LogP contribution in [0.3, 0.4) is 0 Å². The van der Waals surface area contributed by atoms with Gasteiger partial charge in [0, 0.05) is 18.8 Å². The van der Waals surface area contributed by atoms with Gasteiger partial charge in [-0.05, 0) is 38.9 Å². The first-order chi connectivity index (χ1) is 10.7. The zero-order valence-corrected chi connectivity index (χ0v) is 14.0. The van der Waals surface area contributed by atoms with E-state index in [0.717, 1.165) is 45.4 Å². The topological polar surface area (TPSA) is 68.2 Å². The normalized spacial score (nSPS) is 16.4. The second kappa shape index (κ2) is 11.1. The Bertz CT molecular complexity index is 390. The second-order valence-corrected chi connectivity index (χ2v) is 5.81. The third-order valence-electron chi connectivity index (χ3n) is 4.24. The first kappa shape index (κ1) is 18.5. The van der Waals surface area contributed by atoms with E-state index in [-0.39, 0.29) is 17.5 Å². The van der Waals surface area contributed by atoms with Gasteiger partial charge in [-0.1, -0.05) is 33.1 Å². The van der Waals surface area contributed by atoms with E-state index in [1.54, 1.807) is 6.20 Å². The third kappa shape index (κ3) is 6.95. The molecule has 1 rings (SSSR count). The second-order valence-electron chi connectivity index (χ2n) is 5.81. The summed E-state index contributed by atoms with van der Waals surface area (Å²) in [4.78, 5) is 14.4. The van der Waals surface area contributed by atoms with Gasteiger partial charge >= 0.3 is 0 Å². The van der Waals surface area contributed by atoms with Crippen molar-refractivity contribution in [1.29, 1.82) is 5.26 Å². The Balaban J connectivity index is 2.29. The molecule has 0 aromatic carbocycles. The van der Waals surface area contributed by atoms with E-state index in [9.17, 15) is 4.79 Å². The van der Waals surface area contributed by atoms with Crippen molar-refractivity contribution in [3.8, 4) is 6.07 Å². The van der Waals surface area contributed by atoms with Crippen LogP contribution in [0.25, 0.3) is 0 Å². The van der Waals surface area contributed by atoms with E-state index in [1.165, 1.54) is 19.3 Å². The molecule has 0 aromatic heterocycles. The van der Waals surface area contributed by atoms with Crippen LogP contribution >= 0.6 is 0 Å². The maximum Gasteiger partial charge on any atom is 0.263 e. The zero-order chi connectivity index (χ0) is 16.2. The first-order valence-electron chi connectivity index (χ1n) is 8.58. The minimum atomic E-state index is -0.245. The minimum Gasteiger partial charge on any atom is -0.390 e. The molecule has 0 saturated heterocycles. The molecule has 0 unspecified atom stereocenters. The molecule has 2 N–H and O–H groups in total. The number of rotatable bonds is 9. The highest BCUT2D eigenvalue weighted by Crippen LogP contribution is 2.17. The van der Waals surface area contributed by atoms with Crippen molar-refractivity contribution in [2.24, 2.45) is 0 Å². The summed E-state index contributed by atoms with van der Waals surface area (Å²) in [6.07, 6.45) is 8.20. The highest BCUT2D eigenvalue weighted by molar-refractivity contribution is 5.97. The Morgan fingerprint density at radius 3 is 2.55 bits per heavy atom. The lowest BCUT2D eigenvalue weighted by molar-refractivity contribution is -0.118. The predicted molar refractivity (Wildman–Crippen MR) is 89.1 cm³/mol. The number of carbonyl (C=O) groups is 1. The van der Waals surface area contributed by atoms with Gasteiger partial charge < -0.3 is 15.5 Å². The summed E-state index contributed by atoms with van der Waals surface area (Å²) in [7, 11) is 0. The van der Waals surface area contributed by atoms with Gasteiger partial charge in [-0.25, -0.2) is 0 Å². The smallest absolute Gasteiger partial charge is 0.263 e. The molecular formula is C17H30N4O. The molecule has 1 aliphatic carbocycles. The molecule has 0 spiro atoms. The predicted octanol–water partition coefficient (Wildman–Crippen LogP) is 2.16. The molecule has 1 fully saturated rings. The van der Waals surface area contributed by atoms with Crippen LogP contribution in [0.5, 0.6) is 0 Å². The molecule has 22 heavy (non-hydrogen) atoms. The van der Waals surface area contributed by atoms with E-state index < -0.39 is 0 Å². The SMILES string of the molecule is CCN(CC)CCCN/C=C(/C#N)C(=O)NC1CCCCC1. The number of carbonyl (C=O) groups excluding carboxylic acids is 1. The zero-order valence-electron chi connectivity index (χ0n) is 14.0. The Hall–Kier alpha value is -1.54. The minimum absolute atomic E-state index is 0.174. The average Bonchev–Trinajstić information content (AvgIpc) is 2.55. The molecule has 0 bridgehead atoms. The largest absolute Gasteiger partial charge is 0.390 e. The van der Waals surface area contributed by atoms with Crippen molar-refractivity contribution in [3.63, 3.8) is 0 Å². The Morgan fingerprint density at radius 2 is 1.95 bits per heavy atom. The highest BCUT2D eigenvalue weighted by Gasteiger charge is 2.17. The van der Waals surface area contributed by atoms with Gasteiger partial charge in [0.05, 0.1) is 0 Å². The molecule has 0 radical (unpaired) electrons. The van der Waals surface area contributed by atoms with E-state index in [1.807, 2.05) is 6.07 Å². The molecule has 1 saturated carbocycles. The summed E-state index contributed by atoms with van der Waals surface area (Å²) in [5, 5.41) is 15.2. The van der Waals surface area contributed by atoms with Gasteiger partial charge in [-0.15, -0.1) is 0 Å². The van der Waals surface area contributed by atoms with Crippen LogP contribution in [-0.4, -0.2) is 43.0 Å². The molecule has 0 aliphatic heterocycles. The molecular weight excluding hydrogens is 276 g/mol. The van der Waals surface area contributed by atoms with Gasteiger partial charge in [-0.2, -0.15) is 5.26 Å². The first-order valence-corrected chi connectivity index (χ1v) is 8.58. The lowest BCUT2D eigenvalue weighted by Crippen LogP contribution is -2.37. The molecule has 1 aliphatic rings. The monoisotopic (exact) mass is 306 g/mol. The van der Waals surface area contributed by atoms with Crippen molar-refractivity contribution < 1.29 is 4.79 Å². The number of nitrogens with one attached hydrogen (secondary N) is 2. The number of hydrogen-bond acceptors (Lipinski definition) is 4. The lowest BCUT2D eigenvalue weighted by atomic mass is 9.95. The maximum absolute atomic E-state index is 12.1. The summed E-state index contributed by atoms with van der Waals surface area (Å²) in [6, 6.07) is 2.23. The van der Waals surface area contributed by atoms with Crippen LogP contribution < -0.4 is 10.6 Å². The lowest BCUT2D eigenvalue weighted by Gasteiger charge is -2.22. The summed E-state index contributed by atoms with van der Waals surface area (Å²) < 4.78 is 0. The molecule has 0 heterocycles. The number of nitriles is 1. The van der Waals surface area contributed by atoms with E-state index in [2.05, 4.69) is 29.4 Å². The van der Waals surface area contributed by atoms with Gasteiger partial charge in [0.1, 0.15) is 11.6 Å². The van der Waals surface area contributed by atoms with Crippen LogP contribution in [0.15, 0.2) is 11.8 Å². The summed E-state index contributed by atoms with van der Waals surface area (Å²) in [5.74, 6) is -0.245. The molecule has 124 valence electrons. The van der Waals surface area contributed by atoms with E-state index in [4.69, 9.17) is 5.26 Å². The quantitative estimate of drug-likeness (QED) is 0.389. The third-order valence-corrected chi connectivity index (χ3v) is 4.24. The van der Waals surface area contributed by atoms with Crippen molar-refractivity contribution in [2.45, 2.75) is 58.4 Å². The molecule has 5 heteroatoms. The maximum atomic E-state index is 12.1. The van der Waals surface area contributed by atoms with E-state index >= 15 is 0 Å². The van der Waals surface area contributed by atoms with Crippen LogP contribution in [0, 0.1) is 11.3 Å². The highest BCUT2D eigenvalue weighted by atomic mass is 16.1. The van der Waals surface area contributed by atoms with Gasteiger partial charge in [0.2, 0.25) is 0 Å². The number of nitrogens with zero attached hydrogens (tertiary/aromatic N) is 2. The van der Waals surface area contributed by atoms with Crippen molar-refractivity contribution in [2.75, 3.05) is 26.2 Å². The molecule has 0 atom stereocenters. The van der Waals surface area contributed by atoms with Crippen molar-refractivity contribution in [3.05, 3.63) is 11.8 Å². The molecule has 1 amide bonds. The Labute approximate surface area is 134 Å². The van der Waals surface area contributed by atoms with Crippen LogP contribution in [0.1, 0.15) is 52.4 Å².